The molecule has 5 atom stereocenters. The molecule has 8 nitrogen and oxygen atoms in total. The Morgan fingerprint density at radius 1 is 0.951 bits per heavy atom. The summed E-state index contributed by atoms with van der Waals surface area (Å²) in [5.41, 5.74) is 1.67. The zero-order valence-corrected chi connectivity index (χ0v) is 24.8. The molecule has 1 heterocycles. The van der Waals surface area contributed by atoms with Crippen molar-refractivity contribution in [1.82, 2.24) is 21.3 Å². The van der Waals surface area contributed by atoms with Crippen LogP contribution in [0.2, 0.25) is 0 Å². The lowest BCUT2D eigenvalue weighted by molar-refractivity contribution is -0.133. The Hall–Kier alpha value is -3.46. The highest BCUT2D eigenvalue weighted by atomic mass is 19.1. The van der Waals surface area contributed by atoms with E-state index in [1.54, 1.807) is 12.1 Å². The van der Waals surface area contributed by atoms with Crippen molar-refractivity contribution in [2.75, 3.05) is 13.2 Å². The van der Waals surface area contributed by atoms with E-state index in [1.807, 2.05) is 52.0 Å². The number of fused-ring (bicyclic) bond motifs is 1. The molecule has 3 rings (SSSR count). The maximum Gasteiger partial charge on any atom is 0.243 e. The number of carbonyl (C=O) groups excluding carboxylic acids is 3. The monoisotopic (exact) mass is 568 g/mol. The zero-order valence-electron chi connectivity index (χ0n) is 24.8. The summed E-state index contributed by atoms with van der Waals surface area (Å²) in [5, 5.41) is 12.1. The molecule has 3 amide bonds. The number of nitrogens with one attached hydrogen (secondary N) is 4. The van der Waals surface area contributed by atoms with Gasteiger partial charge in [0, 0.05) is 12.6 Å². The van der Waals surface area contributed by atoms with Crippen LogP contribution in [0, 0.1) is 17.7 Å². The van der Waals surface area contributed by atoms with E-state index in [4.69, 9.17) is 4.74 Å². The van der Waals surface area contributed by atoms with Gasteiger partial charge in [0.2, 0.25) is 17.7 Å². The molecular formula is C32H45FN4O4. The predicted molar refractivity (Wildman–Crippen MR) is 158 cm³/mol. The first-order chi connectivity index (χ1) is 19.6. The maximum absolute atomic E-state index is 14.0. The number of para-hydroxylation sites is 1. The Morgan fingerprint density at radius 2 is 1.71 bits per heavy atom. The molecule has 0 aliphatic carbocycles. The van der Waals surface area contributed by atoms with Gasteiger partial charge in [0.15, 0.2) is 0 Å². The molecule has 9 heteroatoms. The van der Waals surface area contributed by atoms with E-state index in [0.29, 0.717) is 38.0 Å². The SMILES string of the molecule is CCC[C@@H]1NC(=O)[C@@H](C(C)C)NC(=O)[C@@H](Cc2cccc(F)c2)N[C@@H](C)COc2ccccc2C[C@H](C)CNC1=O. The standard InChI is InChI=1S/C32H45FN4O4/c1-6-10-26-30(38)34-18-21(4)15-24-12-7-8-14-28(24)41-19-22(5)35-27(17-23-11-9-13-25(33)16-23)31(39)37-29(20(2)3)32(40)36-26/h7-9,11-14,16,20-22,26-27,29,35H,6,10,15,17-19H2,1-5H3,(H,34,38)(H,36,40)(H,37,39)/t21-,22-,26-,27+,29+/m0/s1. The summed E-state index contributed by atoms with van der Waals surface area (Å²) in [6.45, 7) is 10.4. The second kappa shape index (κ2) is 15.5. The van der Waals surface area contributed by atoms with Crippen molar-refractivity contribution in [3.8, 4) is 5.75 Å². The van der Waals surface area contributed by atoms with Crippen LogP contribution in [0.25, 0.3) is 0 Å². The molecule has 0 bridgehead atoms. The van der Waals surface area contributed by atoms with Crippen LogP contribution in [-0.2, 0) is 27.2 Å². The van der Waals surface area contributed by atoms with Crippen LogP contribution < -0.4 is 26.0 Å². The fraction of sp³-hybridized carbons (Fsp3) is 0.531. The summed E-state index contributed by atoms with van der Waals surface area (Å²) >= 11 is 0. The first-order valence-corrected chi connectivity index (χ1v) is 14.7. The lowest BCUT2D eigenvalue weighted by atomic mass is 9.99. The van der Waals surface area contributed by atoms with Gasteiger partial charge in [0.05, 0.1) is 6.04 Å². The number of carbonyl (C=O) groups is 3. The zero-order chi connectivity index (χ0) is 29.9. The van der Waals surface area contributed by atoms with Crippen LogP contribution in [0.5, 0.6) is 5.75 Å². The second-order valence-electron chi connectivity index (χ2n) is 11.5. The third kappa shape index (κ3) is 9.85. The molecule has 0 unspecified atom stereocenters. The largest absolute Gasteiger partial charge is 0.492 e. The average Bonchev–Trinajstić information content (AvgIpc) is 2.92. The Labute approximate surface area is 243 Å². The van der Waals surface area contributed by atoms with Gasteiger partial charge in [-0.15, -0.1) is 0 Å². The van der Waals surface area contributed by atoms with Crippen molar-refractivity contribution in [1.29, 1.82) is 0 Å². The summed E-state index contributed by atoms with van der Waals surface area (Å²) < 4.78 is 20.2. The molecule has 0 fully saturated rings. The Balaban J connectivity index is 1.93. The first kappa shape index (κ1) is 32.1. The Morgan fingerprint density at radius 3 is 2.41 bits per heavy atom. The van der Waals surface area contributed by atoms with Crippen molar-refractivity contribution in [2.45, 2.75) is 84.5 Å². The van der Waals surface area contributed by atoms with Gasteiger partial charge in [-0.2, -0.15) is 0 Å². The van der Waals surface area contributed by atoms with Gasteiger partial charge in [-0.1, -0.05) is 64.4 Å². The molecule has 0 saturated heterocycles. The van der Waals surface area contributed by atoms with E-state index >= 15 is 0 Å². The van der Waals surface area contributed by atoms with Crippen molar-refractivity contribution in [3.05, 3.63) is 65.5 Å². The molecule has 0 aromatic heterocycles. The normalized spacial score (nSPS) is 25.1. The molecular weight excluding hydrogens is 523 g/mol. The lowest BCUT2D eigenvalue weighted by Crippen LogP contribution is -2.59. The van der Waals surface area contributed by atoms with E-state index in [1.165, 1.54) is 12.1 Å². The van der Waals surface area contributed by atoms with E-state index in [2.05, 4.69) is 28.2 Å². The highest BCUT2D eigenvalue weighted by Gasteiger charge is 2.31. The first-order valence-electron chi connectivity index (χ1n) is 14.7. The van der Waals surface area contributed by atoms with Crippen LogP contribution in [0.4, 0.5) is 4.39 Å². The lowest BCUT2D eigenvalue weighted by Gasteiger charge is -2.29. The summed E-state index contributed by atoms with van der Waals surface area (Å²) in [4.78, 5) is 40.2. The molecule has 1 aliphatic rings. The predicted octanol–water partition coefficient (Wildman–Crippen LogP) is 3.53. The van der Waals surface area contributed by atoms with E-state index < -0.39 is 24.0 Å². The number of amides is 3. The highest BCUT2D eigenvalue weighted by Crippen LogP contribution is 2.22. The molecule has 2 aromatic carbocycles. The summed E-state index contributed by atoms with van der Waals surface area (Å²) in [6.07, 6.45) is 2.09. The van der Waals surface area contributed by atoms with E-state index in [-0.39, 0.29) is 41.9 Å². The smallest absolute Gasteiger partial charge is 0.243 e. The van der Waals surface area contributed by atoms with Gasteiger partial charge in [0.1, 0.15) is 30.3 Å². The van der Waals surface area contributed by atoms with Gasteiger partial charge in [0.25, 0.3) is 0 Å². The van der Waals surface area contributed by atoms with Gasteiger partial charge in [-0.05, 0) is 67.3 Å². The molecule has 0 radical (unpaired) electrons. The minimum absolute atomic E-state index is 0.134. The number of hydrogen-bond acceptors (Lipinski definition) is 5. The molecule has 0 saturated carbocycles. The molecule has 41 heavy (non-hydrogen) atoms. The van der Waals surface area contributed by atoms with Crippen LogP contribution in [0.3, 0.4) is 0 Å². The van der Waals surface area contributed by atoms with Crippen LogP contribution >= 0.6 is 0 Å². The molecule has 224 valence electrons. The molecule has 4 N–H and O–H groups in total. The number of hydrogen-bond donors (Lipinski definition) is 4. The third-order valence-electron chi connectivity index (χ3n) is 7.24. The highest BCUT2D eigenvalue weighted by molar-refractivity contribution is 5.93. The van der Waals surface area contributed by atoms with Crippen LogP contribution in [0.1, 0.15) is 58.6 Å². The Kier molecular flexibility index (Phi) is 12.1. The minimum atomic E-state index is -0.859. The fourth-order valence-corrected chi connectivity index (χ4v) is 5.00. The summed E-state index contributed by atoms with van der Waals surface area (Å²) in [6, 6.07) is 11.4. The maximum atomic E-state index is 14.0. The van der Waals surface area contributed by atoms with Crippen LogP contribution in [-0.4, -0.2) is 55.0 Å². The number of benzene rings is 2. The van der Waals surface area contributed by atoms with Crippen molar-refractivity contribution >= 4 is 17.7 Å². The summed E-state index contributed by atoms with van der Waals surface area (Å²) in [5.74, 6) is -0.775. The van der Waals surface area contributed by atoms with Crippen molar-refractivity contribution in [2.24, 2.45) is 11.8 Å². The second-order valence-corrected chi connectivity index (χ2v) is 11.5. The quantitative estimate of drug-likeness (QED) is 0.442. The molecule has 1 aliphatic heterocycles. The Bertz CT molecular complexity index is 1170. The topological polar surface area (TPSA) is 109 Å². The van der Waals surface area contributed by atoms with Gasteiger partial charge < -0.3 is 20.7 Å². The average molecular weight is 569 g/mol. The number of rotatable bonds is 5. The van der Waals surface area contributed by atoms with Gasteiger partial charge >= 0.3 is 0 Å². The minimum Gasteiger partial charge on any atom is -0.492 e. The van der Waals surface area contributed by atoms with E-state index in [9.17, 15) is 18.8 Å². The number of ether oxygens (including phenoxy) is 1. The molecule has 2 aromatic rings. The van der Waals surface area contributed by atoms with Crippen molar-refractivity contribution < 1.29 is 23.5 Å². The van der Waals surface area contributed by atoms with Gasteiger partial charge in [-0.25, -0.2) is 4.39 Å². The van der Waals surface area contributed by atoms with Crippen molar-refractivity contribution in [3.63, 3.8) is 0 Å². The van der Waals surface area contributed by atoms with Crippen LogP contribution in [0.15, 0.2) is 48.5 Å². The van der Waals surface area contributed by atoms with E-state index in [0.717, 1.165) is 11.3 Å². The third-order valence-corrected chi connectivity index (χ3v) is 7.24. The molecule has 0 spiro atoms. The fourth-order valence-electron chi connectivity index (χ4n) is 5.00. The number of halogens is 1. The van der Waals surface area contributed by atoms with Gasteiger partial charge in [-0.3, -0.25) is 19.7 Å². The summed E-state index contributed by atoms with van der Waals surface area (Å²) in [7, 11) is 0.